The summed E-state index contributed by atoms with van der Waals surface area (Å²) >= 11 is 1.45. The van der Waals surface area contributed by atoms with Gasteiger partial charge in [-0.15, -0.1) is 21.1 Å². The molecule has 0 bridgehead atoms. The first-order valence-corrected chi connectivity index (χ1v) is 15.2. The zero-order valence-corrected chi connectivity index (χ0v) is 26.1. The van der Waals surface area contributed by atoms with Crippen LogP contribution >= 0.6 is 11.8 Å². The van der Waals surface area contributed by atoms with Gasteiger partial charge in [-0.1, -0.05) is 60.7 Å². The number of hydrogen-bond acceptors (Lipinski definition) is 7. The van der Waals surface area contributed by atoms with Gasteiger partial charge < -0.3 is 14.8 Å². The highest BCUT2D eigenvalue weighted by Crippen LogP contribution is 2.42. The lowest BCUT2D eigenvalue weighted by molar-refractivity contribution is -0.765. The molecule has 44 heavy (non-hydrogen) atoms. The second-order valence-electron chi connectivity index (χ2n) is 11.6. The number of alkyl carbamates (subject to hydrolysis) is 1. The van der Waals surface area contributed by atoms with Crippen LogP contribution in [0.4, 0.5) is 10.6 Å². The Labute approximate surface area is 260 Å². The second kappa shape index (κ2) is 12.6. The molecule has 12 heteroatoms. The van der Waals surface area contributed by atoms with Gasteiger partial charge in [-0.25, -0.2) is 9.59 Å². The second-order valence-corrected chi connectivity index (χ2v) is 12.7. The third kappa shape index (κ3) is 6.35. The van der Waals surface area contributed by atoms with Gasteiger partial charge in [-0.05, 0) is 31.9 Å². The molecule has 2 aromatic carbocycles. The molecule has 1 fully saturated rings. The molecule has 3 heterocycles. The molecule has 230 valence electrons. The third-order valence-electron chi connectivity index (χ3n) is 7.33. The summed E-state index contributed by atoms with van der Waals surface area (Å²) in [5.74, 6) is -0.0104. The van der Waals surface area contributed by atoms with Crippen molar-refractivity contribution in [3.05, 3.63) is 95.3 Å². The zero-order valence-electron chi connectivity index (χ0n) is 25.3. The molecule has 2 atom stereocenters. The van der Waals surface area contributed by atoms with Gasteiger partial charge in [-0.3, -0.25) is 19.4 Å². The van der Waals surface area contributed by atoms with Gasteiger partial charge in [0.15, 0.2) is 24.7 Å². The number of nitrogens with zero attached hydrogens (tertiary/aromatic N) is 4. The lowest BCUT2D eigenvalue weighted by Crippen LogP contribution is -2.71. The number of anilines is 1. The van der Waals surface area contributed by atoms with Crippen LogP contribution in [-0.2, 0) is 37.4 Å². The number of ether oxygens (including phenoxy) is 2. The molecular formula is C32H36N5O6S+. The molecule has 1 aromatic heterocycles. The Morgan fingerprint density at radius 3 is 2.27 bits per heavy atom. The van der Waals surface area contributed by atoms with Crippen molar-refractivity contribution >= 4 is 42.0 Å². The van der Waals surface area contributed by atoms with E-state index in [0.29, 0.717) is 23.6 Å². The molecule has 1 unspecified atom stereocenters. The molecule has 0 aliphatic carbocycles. The number of nitrogens with one attached hydrogen (secondary N) is 1. The van der Waals surface area contributed by atoms with Gasteiger partial charge in [0.25, 0.3) is 5.91 Å². The highest BCUT2D eigenvalue weighted by molar-refractivity contribution is 8.00. The van der Waals surface area contributed by atoms with Gasteiger partial charge >= 0.3 is 12.1 Å². The van der Waals surface area contributed by atoms with Crippen LogP contribution in [0.25, 0.3) is 0 Å². The van der Waals surface area contributed by atoms with Gasteiger partial charge in [0.2, 0.25) is 6.41 Å². The van der Waals surface area contributed by atoms with Gasteiger partial charge in [0, 0.05) is 18.4 Å². The predicted octanol–water partition coefficient (Wildman–Crippen LogP) is 3.30. The van der Waals surface area contributed by atoms with Crippen molar-refractivity contribution in [3.63, 3.8) is 0 Å². The topological polar surface area (TPSA) is 114 Å². The van der Waals surface area contributed by atoms with Crippen LogP contribution in [-0.4, -0.2) is 63.8 Å². The van der Waals surface area contributed by atoms with Crippen LogP contribution in [0.2, 0.25) is 0 Å². The minimum atomic E-state index is -0.853. The van der Waals surface area contributed by atoms with Gasteiger partial charge in [0.05, 0.1) is 13.1 Å². The minimum absolute atomic E-state index is 0.150. The Balaban J connectivity index is 1.49. The van der Waals surface area contributed by atoms with Crippen molar-refractivity contribution in [3.8, 4) is 0 Å². The summed E-state index contributed by atoms with van der Waals surface area (Å²) in [7, 11) is 3.46. The Morgan fingerprint density at radius 1 is 1.09 bits per heavy atom. The average molecular weight is 619 g/mol. The van der Waals surface area contributed by atoms with Crippen molar-refractivity contribution < 1.29 is 33.3 Å². The highest BCUT2D eigenvalue weighted by atomic mass is 32.2. The van der Waals surface area contributed by atoms with Crippen molar-refractivity contribution in [1.29, 1.82) is 0 Å². The number of amides is 3. The molecule has 1 saturated heterocycles. The molecule has 0 spiro atoms. The van der Waals surface area contributed by atoms with Crippen molar-refractivity contribution in [2.75, 3.05) is 17.7 Å². The van der Waals surface area contributed by atoms with E-state index in [-0.39, 0.29) is 12.2 Å². The summed E-state index contributed by atoms with van der Waals surface area (Å²) in [6.45, 7) is 5.50. The summed E-state index contributed by atoms with van der Waals surface area (Å²) < 4.78 is 15.2. The number of aromatic nitrogens is 2. The van der Waals surface area contributed by atoms with E-state index in [4.69, 9.17) is 9.47 Å². The molecule has 11 nitrogen and oxygen atoms in total. The lowest BCUT2D eigenvalue weighted by atomic mass is 10.0. The van der Waals surface area contributed by atoms with E-state index in [1.165, 1.54) is 21.6 Å². The Bertz CT molecular complexity index is 1540. The first kappa shape index (κ1) is 30.9. The van der Waals surface area contributed by atoms with Gasteiger partial charge in [0.1, 0.15) is 22.7 Å². The van der Waals surface area contributed by atoms with Crippen LogP contribution in [0.5, 0.6) is 0 Å². The summed E-state index contributed by atoms with van der Waals surface area (Å²) in [6.07, 6.45) is 1.11. The molecule has 2 aliphatic rings. The smallest absolute Gasteiger partial charge is 0.408 e. The van der Waals surface area contributed by atoms with Crippen LogP contribution in [0.15, 0.2) is 84.2 Å². The number of rotatable bonds is 9. The van der Waals surface area contributed by atoms with Crippen molar-refractivity contribution in [2.24, 2.45) is 7.05 Å². The number of fused-ring (bicyclic) bond motifs is 1. The summed E-state index contributed by atoms with van der Waals surface area (Å²) in [5.41, 5.74) is 1.66. The lowest BCUT2D eigenvalue weighted by Gasteiger charge is -2.49. The number of benzene rings is 2. The quantitative estimate of drug-likeness (QED) is 0.169. The molecular weight excluding hydrogens is 582 g/mol. The average Bonchev–Trinajstić information content (AvgIpc) is 3.37. The maximum absolute atomic E-state index is 14.2. The molecule has 5 rings (SSSR count). The number of carbonyl (C=O) groups is 4. The maximum atomic E-state index is 14.2. The van der Waals surface area contributed by atoms with E-state index in [0.717, 1.165) is 11.1 Å². The monoisotopic (exact) mass is 618 g/mol. The van der Waals surface area contributed by atoms with Crippen LogP contribution in [0.1, 0.15) is 38.0 Å². The minimum Gasteiger partial charge on any atom is -0.448 e. The van der Waals surface area contributed by atoms with E-state index in [2.05, 4.69) is 5.32 Å². The summed E-state index contributed by atoms with van der Waals surface area (Å²) in [4.78, 5) is 54.5. The number of esters is 1. The van der Waals surface area contributed by atoms with Crippen molar-refractivity contribution in [2.45, 2.75) is 50.4 Å². The summed E-state index contributed by atoms with van der Waals surface area (Å²) in [6, 6.07) is 19.8. The molecule has 2 aliphatic heterocycles. The zero-order chi connectivity index (χ0) is 31.6. The fourth-order valence-corrected chi connectivity index (χ4v) is 6.56. The van der Waals surface area contributed by atoms with E-state index >= 15 is 0 Å². The Hall–Kier alpha value is -4.58. The Kier molecular flexibility index (Phi) is 8.82. The fourth-order valence-electron chi connectivity index (χ4n) is 5.22. The van der Waals surface area contributed by atoms with E-state index < -0.39 is 41.1 Å². The third-order valence-corrected chi connectivity index (χ3v) is 8.67. The molecule has 3 aromatic rings. The highest BCUT2D eigenvalue weighted by Gasteiger charge is 2.55. The predicted molar refractivity (Wildman–Crippen MR) is 164 cm³/mol. The number of thioether (sulfide) groups is 1. The van der Waals surface area contributed by atoms with E-state index in [1.54, 1.807) is 38.6 Å². The van der Waals surface area contributed by atoms with Crippen LogP contribution in [0, 0.1) is 0 Å². The van der Waals surface area contributed by atoms with Gasteiger partial charge in [-0.2, -0.15) is 0 Å². The molecule has 1 N–H and O–H groups in total. The fraction of sp³-hybridized carbons (Fsp3) is 0.344. The standard InChI is InChI=1S/C32H35N5O6S/c1-32(2,3)43-31(41)33-25-28(39)37-26(23(19-44-29(25)37)18-36-17-16-24(35(36)5)34(4)20-38)30(40)42-27(21-12-8-6-9-13-21)22-14-10-7-11-15-22/h6-17,20,25,27,29H,18-19H2,1-5H3/p+1/t25?,29-/m1/s1. The van der Waals surface area contributed by atoms with Crippen LogP contribution < -0.4 is 14.9 Å². The first-order valence-electron chi connectivity index (χ1n) is 14.2. The van der Waals surface area contributed by atoms with Crippen LogP contribution in [0.3, 0.4) is 0 Å². The maximum Gasteiger partial charge on any atom is 0.408 e. The molecule has 0 radical (unpaired) electrons. The molecule has 3 amide bonds. The normalized spacial score (nSPS) is 18.0. The number of β-lactam (4-membered cyclic amide) rings is 1. The SMILES string of the molecule is CN(C=O)c1cc[n+](CC2=C(C(=O)OC(c3ccccc3)c3ccccc3)N3C(=O)C(NC(=O)OC(C)(C)C)[C@H]3SC2)n1C. The number of carbonyl (C=O) groups excluding carboxylic acids is 4. The van der Waals surface area contributed by atoms with E-state index in [9.17, 15) is 19.2 Å². The van der Waals surface area contributed by atoms with E-state index in [1.807, 2.05) is 78.6 Å². The molecule has 0 saturated carbocycles. The van der Waals surface area contributed by atoms with Crippen molar-refractivity contribution in [1.82, 2.24) is 14.9 Å². The summed E-state index contributed by atoms with van der Waals surface area (Å²) in [5, 5.41) is 2.16. The Morgan fingerprint density at radius 2 is 1.70 bits per heavy atom. The largest absolute Gasteiger partial charge is 0.448 e. The first-order chi connectivity index (χ1) is 21.0. The number of hydrogen-bond donors (Lipinski definition) is 1.